The highest BCUT2D eigenvalue weighted by Crippen LogP contribution is 1.77. The summed E-state index contributed by atoms with van der Waals surface area (Å²) in [4.78, 5) is 0. The summed E-state index contributed by atoms with van der Waals surface area (Å²) in [5.41, 5.74) is 4.92. The van der Waals surface area contributed by atoms with Crippen LogP contribution in [0.4, 0.5) is 0 Å². The molecule has 3 heteroatoms. The summed E-state index contributed by atoms with van der Waals surface area (Å²) in [5.74, 6) is 0. The van der Waals surface area contributed by atoms with E-state index >= 15 is 0 Å². The summed E-state index contributed by atoms with van der Waals surface area (Å²) in [7, 11) is 0. The van der Waals surface area contributed by atoms with Crippen LogP contribution in [0.15, 0.2) is 12.3 Å². The Morgan fingerprint density at radius 3 is 2.88 bits per heavy atom. The van der Waals surface area contributed by atoms with Gasteiger partial charge in [0.15, 0.2) is 0 Å². The summed E-state index contributed by atoms with van der Waals surface area (Å²) < 4.78 is 4.72. The Balaban J connectivity index is 3.07. The van der Waals surface area contributed by atoms with Crippen molar-refractivity contribution in [1.29, 1.82) is 0 Å². The van der Waals surface area contributed by atoms with Crippen LogP contribution in [-0.2, 0) is 4.74 Å². The van der Waals surface area contributed by atoms with Crippen LogP contribution in [0.5, 0.6) is 0 Å². The van der Waals surface area contributed by atoms with Gasteiger partial charge in [0.1, 0.15) is 6.23 Å². The lowest BCUT2D eigenvalue weighted by Crippen LogP contribution is -2.14. The van der Waals surface area contributed by atoms with E-state index < -0.39 is 6.23 Å². The van der Waals surface area contributed by atoms with E-state index in [2.05, 4.69) is 0 Å². The minimum Gasteiger partial charge on any atom is -0.502 e. The van der Waals surface area contributed by atoms with Crippen molar-refractivity contribution in [3.8, 4) is 0 Å². The zero-order chi connectivity index (χ0) is 6.41. The maximum absolute atomic E-state index is 8.39. The number of aliphatic hydroxyl groups is 1. The van der Waals surface area contributed by atoms with Gasteiger partial charge in [-0.1, -0.05) is 0 Å². The van der Waals surface area contributed by atoms with Crippen LogP contribution in [0.3, 0.4) is 0 Å². The SMILES string of the molecule is CCO/C=C/[C@H](N)O. The molecule has 0 rings (SSSR count). The van der Waals surface area contributed by atoms with Gasteiger partial charge in [0, 0.05) is 0 Å². The number of hydrogen-bond donors (Lipinski definition) is 2. The first-order chi connectivity index (χ1) is 3.77. The zero-order valence-electron chi connectivity index (χ0n) is 4.87. The van der Waals surface area contributed by atoms with E-state index in [1.54, 1.807) is 0 Å². The van der Waals surface area contributed by atoms with Crippen LogP contribution in [0.2, 0.25) is 0 Å². The molecule has 0 unspecified atom stereocenters. The first kappa shape index (κ1) is 7.46. The fourth-order valence-corrected chi connectivity index (χ4v) is 0.232. The van der Waals surface area contributed by atoms with Gasteiger partial charge in [-0.3, -0.25) is 0 Å². The van der Waals surface area contributed by atoms with Crippen LogP contribution in [0.1, 0.15) is 6.92 Å². The third-order valence-electron chi connectivity index (χ3n) is 0.539. The highest BCUT2D eigenvalue weighted by Gasteiger charge is 1.81. The molecular formula is C5H11NO2. The molecule has 0 radical (unpaired) electrons. The maximum Gasteiger partial charge on any atom is 0.124 e. The standard InChI is InChI=1S/C5H11NO2/c1-2-8-4-3-5(6)7/h3-5,7H,2,6H2,1H3/b4-3+/t5-/m1/s1. The molecule has 48 valence electrons. The lowest BCUT2D eigenvalue weighted by Gasteiger charge is -1.94. The Labute approximate surface area is 48.8 Å². The summed E-state index contributed by atoms with van der Waals surface area (Å²) >= 11 is 0. The molecule has 0 spiro atoms. The largest absolute Gasteiger partial charge is 0.502 e. The van der Waals surface area contributed by atoms with E-state index in [1.165, 1.54) is 12.3 Å². The second kappa shape index (κ2) is 4.61. The molecule has 0 aliphatic heterocycles. The number of ether oxygens (including phenoxy) is 1. The average molecular weight is 117 g/mol. The monoisotopic (exact) mass is 117 g/mol. The Kier molecular flexibility index (Phi) is 4.30. The van der Waals surface area contributed by atoms with Crippen molar-refractivity contribution in [2.75, 3.05) is 6.61 Å². The molecule has 3 N–H and O–H groups in total. The molecule has 0 amide bonds. The Morgan fingerprint density at radius 2 is 2.50 bits per heavy atom. The van der Waals surface area contributed by atoms with Crippen molar-refractivity contribution in [1.82, 2.24) is 0 Å². The molecule has 0 bridgehead atoms. The van der Waals surface area contributed by atoms with Gasteiger partial charge in [0.2, 0.25) is 0 Å². The Hall–Kier alpha value is -0.540. The number of nitrogens with two attached hydrogens (primary N) is 1. The van der Waals surface area contributed by atoms with Gasteiger partial charge in [-0.25, -0.2) is 0 Å². The van der Waals surface area contributed by atoms with E-state index in [0.717, 1.165) is 0 Å². The van der Waals surface area contributed by atoms with Gasteiger partial charge in [0.25, 0.3) is 0 Å². The molecule has 0 saturated heterocycles. The molecule has 0 aromatic rings. The van der Waals surface area contributed by atoms with Crippen molar-refractivity contribution in [2.45, 2.75) is 13.2 Å². The second-order valence-corrected chi connectivity index (χ2v) is 1.27. The quantitative estimate of drug-likeness (QED) is 0.398. The van der Waals surface area contributed by atoms with Crippen LogP contribution in [0.25, 0.3) is 0 Å². The first-order valence-corrected chi connectivity index (χ1v) is 2.49. The number of hydrogen-bond acceptors (Lipinski definition) is 3. The van der Waals surface area contributed by atoms with E-state index in [0.29, 0.717) is 6.61 Å². The summed E-state index contributed by atoms with van der Waals surface area (Å²) in [6, 6.07) is 0. The predicted molar refractivity (Wildman–Crippen MR) is 31.0 cm³/mol. The number of rotatable bonds is 3. The van der Waals surface area contributed by atoms with E-state index in [-0.39, 0.29) is 0 Å². The Bertz CT molecular complexity index is 70.8. The molecule has 0 fully saturated rings. The van der Waals surface area contributed by atoms with Gasteiger partial charge in [-0.05, 0) is 13.0 Å². The van der Waals surface area contributed by atoms with Gasteiger partial charge in [-0.15, -0.1) is 0 Å². The number of aliphatic hydroxyl groups excluding tert-OH is 1. The first-order valence-electron chi connectivity index (χ1n) is 2.49. The minimum atomic E-state index is -0.901. The molecule has 1 atom stereocenters. The van der Waals surface area contributed by atoms with Gasteiger partial charge < -0.3 is 15.6 Å². The molecule has 0 heterocycles. The molecular weight excluding hydrogens is 106 g/mol. The molecule has 0 aliphatic carbocycles. The van der Waals surface area contributed by atoms with Crippen LogP contribution >= 0.6 is 0 Å². The van der Waals surface area contributed by atoms with E-state index in [9.17, 15) is 0 Å². The Morgan fingerprint density at radius 1 is 1.88 bits per heavy atom. The van der Waals surface area contributed by atoms with Crippen molar-refractivity contribution in [2.24, 2.45) is 5.73 Å². The lowest BCUT2D eigenvalue weighted by atomic mass is 10.6. The highest BCUT2D eigenvalue weighted by molar-refractivity contribution is 4.77. The topological polar surface area (TPSA) is 55.5 Å². The van der Waals surface area contributed by atoms with E-state index in [4.69, 9.17) is 15.6 Å². The fraction of sp³-hybridized carbons (Fsp3) is 0.600. The lowest BCUT2D eigenvalue weighted by molar-refractivity contribution is 0.217. The van der Waals surface area contributed by atoms with Gasteiger partial charge in [-0.2, -0.15) is 0 Å². The smallest absolute Gasteiger partial charge is 0.124 e. The molecule has 0 aromatic heterocycles. The minimum absolute atomic E-state index is 0.600. The average Bonchev–Trinajstić information content (AvgIpc) is 1.66. The molecule has 0 saturated carbocycles. The van der Waals surface area contributed by atoms with Crippen molar-refractivity contribution in [3.63, 3.8) is 0 Å². The van der Waals surface area contributed by atoms with Crippen molar-refractivity contribution >= 4 is 0 Å². The normalized spacial score (nSPS) is 14.4. The van der Waals surface area contributed by atoms with Crippen LogP contribution < -0.4 is 5.73 Å². The second-order valence-electron chi connectivity index (χ2n) is 1.27. The predicted octanol–water partition coefficient (Wildman–Crippen LogP) is -0.186. The molecule has 8 heavy (non-hydrogen) atoms. The fourth-order valence-electron chi connectivity index (χ4n) is 0.232. The third-order valence-corrected chi connectivity index (χ3v) is 0.539. The summed E-state index contributed by atoms with van der Waals surface area (Å²) in [6.45, 7) is 2.45. The summed E-state index contributed by atoms with van der Waals surface area (Å²) in [5, 5.41) is 8.39. The van der Waals surface area contributed by atoms with Crippen molar-refractivity contribution in [3.05, 3.63) is 12.3 Å². The molecule has 3 nitrogen and oxygen atoms in total. The van der Waals surface area contributed by atoms with E-state index in [1.807, 2.05) is 6.92 Å². The van der Waals surface area contributed by atoms with Gasteiger partial charge >= 0.3 is 0 Å². The maximum atomic E-state index is 8.39. The molecule has 0 aromatic carbocycles. The summed E-state index contributed by atoms with van der Waals surface area (Å²) in [6.07, 6.45) is 1.84. The van der Waals surface area contributed by atoms with Crippen LogP contribution in [0, 0.1) is 0 Å². The molecule has 0 aliphatic rings. The zero-order valence-corrected chi connectivity index (χ0v) is 4.87. The van der Waals surface area contributed by atoms with Crippen molar-refractivity contribution < 1.29 is 9.84 Å². The third kappa shape index (κ3) is 5.46. The van der Waals surface area contributed by atoms with Gasteiger partial charge in [0.05, 0.1) is 12.9 Å². The van der Waals surface area contributed by atoms with Crippen LogP contribution in [-0.4, -0.2) is 17.9 Å². The highest BCUT2D eigenvalue weighted by atomic mass is 16.5.